The molecule has 0 atom stereocenters. The van der Waals surface area contributed by atoms with Gasteiger partial charge in [0, 0.05) is 5.54 Å². The lowest BCUT2D eigenvalue weighted by Gasteiger charge is -2.22. The first kappa shape index (κ1) is 18.0. The average molecular weight is 306 g/mol. The highest BCUT2D eigenvalue weighted by atomic mass is 19.4. The van der Waals surface area contributed by atoms with Gasteiger partial charge in [-0.15, -0.1) is 0 Å². The summed E-state index contributed by atoms with van der Waals surface area (Å²) in [6.45, 7) is 8.24. The number of nitrogens with zero attached hydrogens (tertiary/aromatic N) is 1. The van der Waals surface area contributed by atoms with Gasteiger partial charge in [0.15, 0.2) is 0 Å². The van der Waals surface area contributed by atoms with E-state index in [1.165, 1.54) is 4.90 Å². The molecule has 3 nitrogen and oxygen atoms in total. The van der Waals surface area contributed by atoms with Gasteiger partial charge in [-0.1, -0.05) is 6.92 Å². The van der Waals surface area contributed by atoms with Gasteiger partial charge in [-0.25, -0.2) is 0 Å². The molecule has 6 heteroatoms. The third kappa shape index (κ3) is 8.12. The predicted molar refractivity (Wildman–Crippen MR) is 76.9 cm³/mol. The van der Waals surface area contributed by atoms with Crippen molar-refractivity contribution >= 4 is 0 Å². The summed E-state index contributed by atoms with van der Waals surface area (Å²) in [5.74, 6) is 1.31. The number of nitrogens with one attached hydrogen (secondary N) is 1. The highest BCUT2D eigenvalue weighted by Crippen LogP contribution is 2.19. The molecule has 1 rings (SSSR count). The predicted octanol–water partition coefficient (Wildman–Crippen LogP) is 3.94. The molecule has 0 aliphatic carbocycles. The molecule has 122 valence electrons. The van der Waals surface area contributed by atoms with Crippen molar-refractivity contribution in [2.75, 3.05) is 13.1 Å². The molecule has 1 aromatic rings. The summed E-state index contributed by atoms with van der Waals surface area (Å²) < 4.78 is 43.1. The minimum Gasteiger partial charge on any atom is -0.463 e. The van der Waals surface area contributed by atoms with Crippen molar-refractivity contribution in [2.24, 2.45) is 0 Å². The zero-order chi connectivity index (χ0) is 16.1. The summed E-state index contributed by atoms with van der Waals surface area (Å²) in [5.41, 5.74) is -0.0303. The van der Waals surface area contributed by atoms with Gasteiger partial charge in [0.1, 0.15) is 11.5 Å². The highest BCUT2D eigenvalue weighted by Gasteiger charge is 2.30. The Morgan fingerprint density at radius 3 is 2.29 bits per heavy atom. The number of rotatable bonds is 7. The second kappa shape index (κ2) is 7.31. The van der Waals surface area contributed by atoms with Gasteiger partial charge in [0.2, 0.25) is 0 Å². The summed E-state index contributed by atoms with van der Waals surface area (Å²) in [7, 11) is 0. The Hall–Kier alpha value is -1.01. The third-order valence-electron chi connectivity index (χ3n) is 2.83. The number of hydrogen-bond acceptors (Lipinski definition) is 3. The van der Waals surface area contributed by atoms with Crippen LogP contribution in [0.4, 0.5) is 13.2 Å². The minimum atomic E-state index is -4.18. The Kier molecular flexibility index (Phi) is 6.28. The van der Waals surface area contributed by atoms with Crippen LogP contribution in [0, 0.1) is 0 Å². The molecule has 0 aliphatic rings. The normalized spacial score (nSPS) is 13.1. The summed E-state index contributed by atoms with van der Waals surface area (Å²) in [6, 6.07) is 3.56. The van der Waals surface area contributed by atoms with Crippen LogP contribution in [0.2, 0.25) is 0 Å². The summed E-state index contributed by atoms with van der Waals surface area (Å²) in [6.07, 6.45) is -3.51. The Labute approximate surface area is 124 Å². The van der Waals surface area contributed by atoms with Crippen molar-refractivity contribution in [1.29, 1.82) is 0 Å². The fourth-order valence-electron chi connectivity index (χ4n) is 1.96. The molecule has 0 amide bonds. The standard InChI is InChI=1S/C15H25F3N2O/c1-5-8-20(11-15(16,17)18)10-13-7-6-12(21-13)9-19-14(2,3)4/h6-7,19H,5,8-11H2,1-4H3. The van der Waals surface area contributed by atoms with Gasteiger partial charge in [-0.2, -0.15) is 13.2 Å². The second-order valence-electron chi connectivity index (χ2n) is 6.30. The van der Waals surface area contributed by atoms with Crippen molar-refractivity contribution in [2.45, 2.75) is 58.9 Å². The molecule has 0 bridgehead atoms. The van der Waals surface area contributed by atoms with E-state index < -0.39 is 12.7 Å². The van der Waals surface area contributed by atoms with E-state index in [-0.39, 0.29) is 12.1 Å². The molecule has 0 aromatic carbocycles. The Morgan fingerprint density at radius 2 is 1.76 bits per heavy atom. The fraction of sp³-hybridized carbons (Fsp3) is 0.733. The van der Waals surface area contributed by atoms with Gasteiger partial charge in [0.25, 0.3) is 0 Å². The molecule has 0 fully saturated rings. The van der Waals surface area contributed by atoms with E-state index in [1.807, 2.05) is 33.8 Å². The maximum Gasteiger partial charge on any atom is 0.401 e. The van der Waals surface area contributed by atoms with Gasteiger partial charge in [-0.3, -0.25) is 4.90 Å². The molecule has 1 aromatic heterocycles. The zero-order valence-corrected chi connectivity index (χ0v) is 13.2. The van der Waals surface area contributed by atoms with E-state index in [2.05, 4.69) is 5.32 Å². The van der Waals surface area contributed by atoms with Crippen LogP contribution in [0.3, 0.4) is 0 Å². The van der Waals surface area contributed by atoms with Crippen LogP contribution in [0.25, 0.3) is 0 Å². The zero-order valence-electron chi connectivity index (χ0n) is 13.2. The third-order valence-corrected chi connectivity index (χ3v) is 2.83. The van der Waals surface area contributed by atoms with Crippen molar-refractivity contribution < 1.29 is 17.6 Å². The molecule has 1 N–H and O–H groups in total. The van der Waals surface area contributed by atoms with E-state index in [9.17, 15) is 13.2 Å². The van der Waals surface area contributed by atoms with Gasteiger partial charge in [-0.05, 0) is 45.9 Å². The van der Waals surface area contributed by atoms with E-state index in [1.54, 1.807) is 6.07 Å². The Morgan fingerprint density at radius 1 is 1.14 bits per heavy atom. The van der Waals surface area contributed by atoms with E-state index in [4.69, 9.17) is 4.42 Å². The molecule has 0 radical (unpaired) electrons. The molecule has 1 heterocycles. The first-order valence-corrected chi connectivity index (χ1v) is 7.21. The van der Waals surface area contributed by atoms with Crippen molar-refractivity contribution in [3.63, 3.8) is 0 Å². The average Bonchev–Trinajstić information content (AvgIpc) is 2.71. The fourth-order valence-corrected chi connectivity index (χ4v) is 1.96. The van der Waals surface area contributed by atoms with Gasteiger partial charge < -0.3 is 9.73 Å². The van der Waals surface area contributed by atoms with E-state index in [0.29, 0.717) is 25.3 Å². The molecular weight excluding hydrogens is 281 g/mol. The van der Waals surface area contributed by atoms with E-state index in [0.717, 1.165) is 5.76 Å². The van der Waals surface area contributed by atoms with Crippen LogP contribution in [-0.4, -0.2) is 29.7 Å². The monoisotopic (exact) mass is 306 g/mol. The first-order valence-electron chi connectivity index (χ1n) is 7.21. The minimum absolute atomic E-state index is 0.0303. The lowest BCUT2D eigenvalue weighted by atomic mass is 10.1. The lowest BCUT2D eigenvalue weighted by molar-refractivity contribution is -0.147. The molecule has 0 aliphatic heterocycles. The van der Waals surface area contributed by atoms with Crippen LogP contribution >= 0.6 is 0 Å². The quantitative estimate of drug-likeness (QED) is 0.827. The van der Waals surface area contributed by atoms with Gasteiger partial charge >= 0.3 is 6.18 Å². The maximum absolute atomic E-state index is 12.5. The summed E-state index contributed by atoms with van der Waals surface area (Å²) >= 11 is 0. The number of alkyl halides is 3. The first-order chi connectivity index (χ1) is 9.59. The lowest BCUT2D eigenvalue weighted by Crippen LogP contribution is -2.35. The highest BCUT2D eigenvalue weighted by molar-refractivity contribution is 5.07. The number of hydrogen-bond donors (Lipinski definition) is 1. The van der Waals surface area contributed by atoms with Crippen LogP contribution in [0.15, 0.2) is 16.5 Å². The topological polar surface area (TPSA) is 28.4 Å². The SMILES string of the molecule is CCCN(Cc1ccc(CNC(C)(C)C)o1)CC(F)(F)F. The molecular formula is C15H25F3N2O. The van der Waals surface area contributed by atoms with Gasteiger partial charge in [0.05, 0.1) is 19.6 Å². The van der Waals surface area contributed by atoms with Crippen molar-refractivity contribution in [3.8, 4) is 0 Å². The van der Waals surface area contributed by atoms with Crippen LogP contribution in [0.1, 0.15) is 45.6 Å². The van der Waals surface area contributed by atoms with Crippen LogP contribution in [0.5, 0.6) is 0 Å². The molecule has 0 unspecified atom stereocenters. The van der Waals surface area contributed by atoms with E-state index >= 15 is 0 Å². The smallest absolute Gasteiger partial charge is 0.401 e. The largest absolute Gasteiger partial charge is 0.463 e. The molecule has 21 heavy (non-hydrogen) atoms. The molecule has 0 saturated carbocycles. The second-order valence-corrected chi connectivity index (χ2v) is 6.30. The van der Waals surface area contributed by atoms with Crippen LogP contribution in [-0.2, 0) is 13.1 Å². The molecule has 0 saturated heterocycles. The Bertz CT molecular complexity index is 421. The van der Waals surface area contributed by atoms with Crippen molar-refractivity contribution in [1.82, 2.24) is 10.2 Å². The summed E-state index contributed by atoms with van der Waals surface area (Å²) in [4.78, 5) is 1.36. The number of furan rings is 1. The summed E-state index contributed by atoms with van der Waals surface area (Å²) in [5, 5.41) is 3.28. The van der Waals surface area contributed by atoms with Crippen molar-refractivity contribution in [3.05, 3.63) is 23.7 Å². The molecule has 0 spiro atoms. The Balaban J connectivity index is 2.58. The number of halogens is 3. The van der Waals surface area contributed by atoms with Crippen LogP contribution < -0.4 is 5.32 Å². The maximum atomic E-state index is 12.5.